The number of hydrogen-bond donors (Lipinski definition) is 1. The summed E-state index contributed by atoms with van der Waals surface area (Å²) in [4.78, 5) is 14.3. The van der Waals surface area contributed by atoms with Gasteiger partial charge in [-0.05, 0) is 36.4 Å². The van der Waals surface area contributed by atoms with Crippen molar-refractivity contribution in [2.24, 2.45) is 0 Å². The molecule has 0 aliphatic heterocycles. The minimum atomic E-state index is -0.238. The van der Waals surface area contributed by atoms with Gasteiger partial charge in [-0.1, -0.05) is 31.2 Å². The standard InChI is InChI=1S/C19H23FN2O2/c1-3-22(14-15-7-6-8-16(20)13-15)12-11-19(23)21-17-9-4-5-10-18(17)24-2/h4-10,13H,3,11-12,14H2,1-2H3,(H,21,23). The molecular formula is C19H23FN2O2. The molecule has 0 saturated heterocycles. The molecule has 4 nitrogen and oxygen atoms in total. The van der Waals surface area contributed by atoms with Crippen molar-refractivity contribution in [2.45, 2.75) is 19.9 Å². The fourth-order valence-corrected chi connectivity index (χ4v) is 2.46. The smallest absolute Gasteiger partial charge is 0.225 e. The van der Waals surface area contributed by atoms with E-state index in [0.717, 1.165) is 12.1 Å². The zero-order chi connectivity index (χ0) is 17.4. The molecule has 0 heterocycles. The number of anilines is 1. The number of carbonyl (C=O) groups excluding carboxylic acids is 1. The van der Waals surface area contributed by atoms with Gasteiger partial charge in [0.25, 0.3) is 0 Å². The third kappa shape index (κ3) is 5.35. The monoisotopic (exact) mass is 330 g/mol. The summed E-state index contributed by atoms with van der Waals surface area (Å²) in [5.74, 6) is 0.326. The molecule has 2 aromatic carbocycles. The molecule has 1 N–H and O–H groups in total. The van der Waals surface area contributed by atoms with Crippen molar-refractivity contribution in [3.63, 3.8) is 0 Å². The second-order valence-electron chi connectivity index (χ2n) is 5.50. The molecule has 0 unspecified atom stereocenters. The van der Waals surface area contributed by atoms with Gasteiger partial charge >= 0.3 is 0 Å². The number of para-hydroxylation sites is 2. The molecule has 0 atom stereocenters. The van der Waals surface area contributed by atoms with Gasteiger partial charge in [0.15, 0.2) is 0 Å². The second-order valence-corrected chi connectivity index (χ2v) is 5.50. The van der Waals surface area contributed by atoms with E-state index in [1.165, 1.54) is 12.1 Å². The van der Waals surface area contributed by atoms with Crippen molar-refractivity contribution in [2.75, 3.05) is 25.5 Å². The van der Waals surface area contributed by atoms with Gasteiger partial charge in [-0.15, -0.1) is 0 Å². The maximum absolute atomic E-state index is 13.3. The van der Waals surface area contributed by atoms with Gasteiger partial charge in [0.05, 0.1) is 12.8 Å². The lowest BCUT2D eigenvalue weighted by molar-refractivity contribution is -0.116. The first kappa shape index (κ1) is 17.9. The molecule has 2 aromatic rings. The molecule has 1 amide bonds. The van der Waals surface area contributed by atoms with Gasteiger partial charge in [-0.2, -0.15) is 0 Å². The normalized spacial score (nSPS) is 10.7. The van der Waals surface area contributed by atoms with Crippen molar-refractivity contribution in [1.82, 2.24) is 4.90 Å². The summed E-state index contributed by atoms with van der Waals surface area (Å²) in [6, 6.07) is 13.9. The molecule has 128 valence electrons. The summed E-state index contributed by atoms with van der Waals surface area (Å²) < 4.78 is 18.5. The fraction of sp³-hybridized carbons (Fsp3) is 0.316. The molecule has 2 rings (SSSR count). The number of carbonyl (C=O) groups is 1. The minimum Gasteiger partial charge on any atom is -0.495 e. The molecule has 24 heavy (non-hydrogen) atoms. The van der Waals surface area contributed by atoms with Crippen LogP contribution in [0.1, 0.15) is 18.9 Å². The summed E-state index contributed by atoms with van der Waals surface area (Å²) >= 11 is 0. The van der Waals surface area contributed by atoms with Crippen molar-refractivity contribution in [3.8, 4) is 5.75 Å². The fourth-order valence-electron chi connectivity index (χ4n) is 2.46. The van der Waals surface area contributed by atoms with Crippen LogP contribution in [0.3, 0.4) is 0 Å². The Bertz CT molecular complexity index is 676. The first-order valence-electron chi connectivity index (χ1n) is 8.02. The van der Waals surface area contributed by atoms with Crippen molar-refractivity contribution in [1.29, 1.82) is 0 Å². The molecule has 0 bridgehead atoms. The molecule has 5 heteroatoms. The topological polar surface area (TPSA) is 41.6 Å². The average Bonchev–Trinajstić information content (AvgIpc) is 2.59. The van der Waals surface area contributed by atoms with Gasteiger partial charge < -0.3 is 10.1 Å². The van der Waals surface area contributed by atoms with Crippen LogP contribution in [0.5, 0.6) is 5.75 Å². The van der Waals surface area contributed by atoms with Crippen LogP contribution in [0.4, 0.5) is 10.1 Å². The van der Waals surface area contributed by atoms with E-state index >= 15 is 0 Å². The average molecular weight is 330 g/mol. The number of nitrogens with one attached hydrogen (secondary N) is 1. The SMILES string of the molecule is CCN(CCC(=O)Nc1ccccc1OC)Cc1cccc(F)c1. The van der Waals surface area contributed by atoms with Crippen LogP contribution in [-0.4, -0.2) is 31.0 Å². The Morgan fingerprint density at radius 1 is 1.21 bits per heavy atom. The van der Waals surface area contributed by atoms with Crippen molar-refractivity contribution < 1.29 is 13.9 Å². The lowest BCUT2D eigenvalue weighted by Gasteiger charge is -2.20. The molecule has 0 aliphatic carbocycles. The Kier molecular flexibility index (Phi) is 6.75. The highest BCUT2D eigenvalue weighted by Crippen LogP contribution is 2.23. The predicted octanol–water partition coefficient (Wildman–Crippen LogP) is 3.69. The minimum absolute atomic E-state index is 0.0720. The van der Waals surface area contributed by atoms with E-state index in [1.807, 2.05) is 25.1 Å². The zero-order valence-electron chi connectivity index (χ0n) is 14.1. The van der Waals surface area contributed by atoms with E-state index in [1.54, 1.807) is 25.3 Å². The Labute approximate surface area is 142 Å². The van der Waals surface area contributed by atoms with Crippen LogP contribution in [0.25, 0.3) is 0 Å². The van der Waals surface area contributed by atoms with Crippen LogP contribution in [0, 0.1) is 5.82 Å². The summed E-state index contributed by atoms with van der Waals surface area (Å²) in [5.41, 5.74) is 1.57. The maximum Gasteiger partial charge on any atom is 0.225 e. The van der Waals surface area contributed by atoms with E-state index in [-0.39, 0.29) is 11.7 Å². The first-order chi connectivity index (χ1) is 11.6. The molecule has 0 radical (unpaired) electrons. The number of methoxy groups -OCH3 is 1. The maximum atomic E-state index is 13.3. The van der Waals surface area contributed by atoms with Gasteiger partial charge in [0.1, 0.15) is 11.6 Å². The van der Waals surface area contributed by atoms with Crippen LogP contribution >= 0.6 is 0 Å². The first-order valence-corrected chi connectivity index (χ1v) is 8.02. The predicted molar refractivity (Wildman–Crippen MR) is 93.6 cm³/mol. The van der Waals surface area contributed by atoms with E-state index < -0.39 is 0 Å². The van der Waals surface area contributed by atoms with Crippen LogP contribution < -0.4 is 10.1 Å². The van der Waals surface area contributed by atoms with Crippen LogP contribution in [-0.2, 0) is 11.3 Å². The third-order valence-corrected chi connectivity index (χ3v) is 3.78. The number of benzene rings is 2. The van der Waals surface area contributed by atoms with Crippen molar-refractivity contribution in [3.05, 3.63) is 59.9 Å². The summed E-state index contributed by atoms with van der Waals surface area (Å²) in [7, 11) is 1.57. The third-order valence-electron chi connectivity index (χ3n) is 3.78. The van der Waals surface area contributed by atoms with E-state index in [9.17, 15) is 9.18 Å². The number of amides is 1. The van der Waals surface area contributed by atoms with E-state index in [4.69, 9.17) is 4.74 Å². The van der Waals surface area contributed by atoms with Crippen LogP contribution in [0.2, 0.25) is 0 Å². The number of hydrogen-bond acceptors (Lipinski definition) is 3. The Morgan fingerprint density at radius 3 is 2.71 bits per heavy atom. The van der Waals surface area contributed by atoms with Crippen molar-refractivity contribution >= 4 is 11.6 Å². The van der Waals surface area contributed by atoms with Gasteiger partial charge in [-0.25, -0.2) is 4.39 Å². The Morgan fingerprint density at radius 2 is 2.00 bits per heavy atom. The molecule has 0 aliphatic rings. The number of rotatable bonds is 8. The number of nitrogens with zero attached hydrogens (tertiary/aromatic N) is 1. The second kappa shape index (κ2) is 9.03. The summed E-state index contributed by atoms with van der Waals surface area (Å²) in [6.07, 6.45) is 0.362. The van der Waals surface area contributed by atoms with E-state index in [0.29, 0.717) is 30.9 Å². The summed E-state index contributed by atoms with van der Waals surface area (Å²) in [5, 5.41) is 2.86. The van der Waals surface area contributed by atoms with E-state index in [2.05, 4.69) is 10.2 Å². The Balaban J connectivity index is 1.87. The number of ether oxygens (including phenoxy) is 1. The van der Waals surface area contributed by atoms with Gasteiger partial charge in [0, 0.05) is 19.5 Å². The lowest BCUT2D eigenvalue weighted by Crippen LogP contribution is -2.27. The molecule has 0 fully saturated rings. The highest BCUT2D eigenvalue weighted by molar-refractivity contribution is 5.92. The highest BCUT2D eigenvalue weighted by Gasteiger charge is 2.10. The molecular weight excluding hydrogens is 307 g/mol. The van der Waals surface area contributed by atoms with Crippen LogP contribution in [0.15, 0.2) is 48.5 Å². The lowest BCUT2D eigenvalue weighted by atomic mass is 10.2. The number of halogens is 1. The zero-order valence-corrected chi connectivity index (χ0v) is 14.1. The summed E-state index contributed by atoms with van der Waals surface area (Å²) in [6.45, 7) is 4.04. The largest absolute Gasteiger partial charge is 0.495 e. The highest BCUT2D eigenvalue weighted by atomic mass is 19.1. The van der Waals surface area contributed by atoms with Gasteiger partial charge in [0.2, 0.25) is 5.91 Å². The van der Waals surface area contributed by atoms with Gasteiger partial charge in [-0.3, -0.25) is 9.69 Å². The quantitative estimate of drug-likeness (QED) is 0.803. The molecule has 0 saturated carbocycles. The molecule has 0 aromatic heterocycles. The Hall–Kier alpha value is -2.40. The molecule has 0 spiro atoms.